The second-order valence-corrected chi connectivity index (χ2v) is 7.84. The number of hydrogen-bond acceptors (Lipinski definition) is 3. The van der Waals surface area contributed by atoms with Gasteiger partial charge in [-0.05, 0) is 30.5 Å². The minimum Gasteiger partial charge on any atom is -0.368 e. The molecule has 1 saturated heterocycles. The molecule has 1 aliphatic heterocycles. The number of carbonyl (C=O) groups is 2. The van der Waals surface area contributed by atoms with Crippen molar-refractivity contribution in [2.75, 3.05) is 38.1 Å². The van der Waals surface area contributed by atoms with Crippen LogP contribution >= 0.6 is 0 Å². The maximum absolute atomic E-state index is 13.2. The first kappa shape index (κ1) is 18.5. The summed E-state index contributed by atoms with van der Waals surface area (Å²) in [7, 11) is 1.80. The van der Waals surface area contributed by atoms with Crippen molar-refractivity contribution < 1.29 is 9.59 Å². The Labute approximate surface area is 166 Å². The summed E-state index contributed by atoms with van der Waals surface area (Å²) in [5.41, 5.74) is 1.45. The molecule has 2 aromatic carbocycles. The van der Waals surface area contributed by atoms with Gasteiger partial charge >= 0.3 is 0 Å². The SMILES string of the molecule is CN(Cc1ccccc1)C(=O)C1(C(=O)N2CCN(c3ccccc3)CC2)CC1. The lowest BCUT2D eigenvalue weighted by atomic mass is 10.0. The monoisotopic (exact) mass is 377 g/mol. The van der Waals surface area contributed by atoms with Crippen molar-refractivity contribution in [3.05, 3.63) is 66.2 Å². The summed E-state index contributed by atoms with van der Waals surface area (Å²) in [6, 6.07) is 20.2. The fourth-order valence-corrected chi connectivity index (χ4v) is 4.05. The Kier molecular flexibility index (Phi) is 5.07. The number of nitrogens with zero attached hydrogens (tertiary/aromatic N) is 3. The normalized spacial score (nSPS) is 17.9. The quantitative estimate of drug-likeness (QED) is 0.753. The van der Waals surface area contributed by atoms with Gasteiger partial charge in [-0.3, -0.25) is 9.59 Å². The summed E-state index contributed by atoms with van der Waals surface area (Å²) < 4.78 is 0. The minimum absolute atomic E-state index is 0.0186. The van der Waals surface area contributed by atoms with E-state index in [1.54, 1.807) is 11.9 Å². The second kappa shape index (κ2) is 7.66. The van der Waals surface area contributed by atoms with Crippen LogP contribution in [0.4, 0.5) is 5.69 Å². The van der Waals surface area contributed by atoms with Crippen LogP contribution in [-0.4, -0.2) is 54.8 Å². The zero-order valence-corrected chi connectivity index (χ0v) is 16.4. The highest BCUT2D eigenvalue weighted by molar-refractivity contribution is 6.07. The van der Waals surface area contributed by atoms with Gasteiger partial charge in [-0.15, -0.1) is 0 Å². The van der Waals surface area contributed by atoms with Crippen molar-refractivity contribution in [2.24, 2.45) is 5.41 Å². The molecule has 5 nitrogen and oxygen atoms in total. The number of carbonyl (C=O) groups excluding carboxylic acids is 2. The fourth-order valence-electron chi connectivity index (χ4n) is 4.05. The third-order valence-corrected chi connectivity index (χ3v) is 5.87. The van der Waals surface area contributed by atoms with Gasteiger partial charge in [0.05, 0.1) is 0 Å². The topological polar surface area (TPSA) is 43.9 Å². The summed E-state index contributed by atoms with van der Waals surface area (Å²) in [5.74, 6) is -0.0167. The average molecular weight is 377 g/mol. The zero-order chi connectivity index (χ0) is 19.6. The van der Waals surface area contributed by atoms with E-state index in [2.05, 4.69) is 17.0 Å². The van der Waals surface area contributed by atoms with Crippen LogP contribution in [0.5, 0.6) is 0 Å². The molecule has 5 heteroatoms. The van der Waals surface area contributed by atoms with Crippen molar-refractivity contribution in [1.82, 2.24) is 9.80 Å². The average Bonchev–Trinajstić information content (AvgIpc) is 3.56. The molecule has 2 aliphatic rings. The summed E-state index contributed by atoms with van der Waals surface area (Å²) in [6.45, 7) is 3.49. The van der Waals surface area contributed by atoms with E-state index in [4.69, 9.17) is 0 Å². The molecule has 2 fully saturated rings. The summed E-state index contributed by atoms with van der Waals surface area (Å²) >= 11 is 0. The van der Waals surface area contributed by atoms with Gasteiger partial charge in [0, 0.05) is 45.5 Å². The van der Waals surface area contributed by atoms with Crippen LogP contribution in [0.25, 0.3) is 0 Å². The number of hydrogen-bond donors (Lipinski definition) is 0. The van der Waals surface area contributed by atoms with Crippen molar-refractivity contribution in [3.63, 3.8) is 0 Å². The fraction of sp³-hybridized carbons (Fsp3) is 0.391. The Bertz CT molecular complexity index is 825. The smallest absolute Gasteiger partial charge is 0.238 e. The number of amides is 2. The molecule has 0 atom stereocenters. The van der Waals surface area contributed by atoms with Crippen LogP contribution in [0.3, 0.4) is 0 Å². The molecule has 4 rings (SSSR count). The van der Waals surface area contributed by atoms with Gasteiger partial charge in [0.1, 0.15) is 5.41 Å². The molecule has 1 saturated carbocycles. The van der Waals surface area contributed by atoms with E-state index in [0.29, 0.717) is 32.5 Å². The molecule has 0 bridgehead atoms. The number of para-hydroxylation sites is 1. The van der Waals surface area contributed by atoms with Crippen LogP contribution in [0.2, 0.25) is 0 Å². The molecule has 2 aromatic rings. The van der Waals surface area contributed by atoms with Gasteiger partial charge in [-0.2, -0.15) is 0 Å². The molecule has 0 spiro atoms. The van der Waals surface area contributed by atoms with E-state index in [1.807, 2.05) is 53.4 Å². The van der Waals surface area contributed by atoms with E-state index in [1.165, 1.54) is 5.69 Å². The Morgan fingerprint density at radius 1 is 0.893 bits per heavy atom. The van der Waals surface area contributed by atoms with Crippen LogP contribution in [0.15, 0.2) is 60.7 Å². The Morgan fingerprint density at radius 2 is 1.46 bits per heavy atom. The first-order chi connectivity index (χ1) is 13.6. The molecule has 0 radical (unpaired) electrons. The van der Waals surface area contributed by atoms with Gasteiger partial charge in [-0.25, -0.2) is 0 Å². The predicted molar refractivity (Wildman–Crippen MR) is 110 cm³/mol. The number of piperazine rings is 1. The maximum atomic E-state index is 13.2. The van der Waals surface area contributed by atoms with E-state index in [-0.39, 0.29) is 11.8 Å². The van der Waals surface area contributed by atoms with Crippen LogP contribution < -0.4 is 4.90 Å². The standard InChI is InChI=1S/C23H27N3O2/c1-24(18-19-8-4-2-5-9-19)21(27)23(12-13-23)22(28)26-16-14-25(15-17-26)20-10-6-3-7-11-20/h2-11H,12-18H2,1H3. The van der Waals surface area contributed by atoms with Crippen LogP contribution in [0.1, 0.15) is 18.4 Å². The number of anilines is 1. The van der Waals surface area contributed by atoms with Crippen LogP contribution in [-0.2, 0) is 16.1 Å². The lowest BCUT2D eigenvalue weighted by Gasteiger charge is -2.38. The number of benzene rings is 2. The van der Waals surface area contributed by atoms with E-state index in [0.717, 1.165) is 18.7 Å². The van der Waals surface area contributed by atoms with Crippen molar-refractivity contribution in [2.45, 2.75) is 19.4 Å². The molecule has 2 amide bonds. The molecule has 1 heterocycles. The van der Waals surface area contributed by atoms with E-state index in [9.17, 15) is 9.59 Å². The molecular weight excluding hydrogens is 350 g/mol. The van der Waals surface area contributed by atoms with Crippen LogP contribution in [0, 0.1) is 5.41 Å². The summed E-state index contributed by atoms with van der Waals surface area (Å²) in [4.78, 5) is 32.2. The predicted octanol–water partition coefficient (Wildman–Crippen LogP) is 2.77. The lowest BCUT2D eigenvalue weighted by Crippen LogP contribution is -2.53. The van der Waals surface area contributed by atoms with Gasteiger partial charge in [0.25, 0.3) is 0 Å². The van der Waals surface area contributed by atoms with Crippen molar-refractivity contribution >= 4 is 17.5 Å². The zero-order valence-electron chi connectivity index (χ0n) is 16.4. The Morgan fingerprint density at radius 3 is 2.04 bits per heavy atom. The van der Waals surface area contributed by atoms with Gasteiger partial charge < -0.3 is 14.7 Å². The molecule has 0 N–H and O–H groups in total. The number of rotatable bonds is 5. The second-order valence-electron chi connectivity index (χ2n) is 7.84. The highest BCUT2D eigenvalue weighted by Crippen LogP contribution is 2.49. The molecular formula is C23H27N3O2. The van der Waals surface area contributed by atoms with E-state index >= 15 is 0 Å². The first-order valence-corrected chi connectivity index (χ1v) is 9.99. The van der Waals surface area contributed by atoms with Crippen molar-refractivity contribution in [3.8, 4) is 0 Å². The molecule has 0 aromatic heterocycles. The minimum atomic E-state index is -0.821. The summed E-state index contributed by atoms with van der Waals surface area (Å²) in [5, 5.41) is 0. The lowest BCUT2D eigenvalue weighted by molar-refractivity contribution is -0.149. The third-order valence-electron chi connectivity index (χ3n) is 5.87. The largest absolute Gasteiger partial charge is 0.368 e. The Hall–Kier alpha value is -2.82. The third kappa shape index (κ3) is 3.61. The molecule has 146 valence electrons. The Balaban J connectivity index is 1.37. The van der Waals surface area contributed by atoms with Gasteiger partial charge in [-0.1, -0.05) is 48.5 Å². The highest BCUT2D eigenvalue weighted by atomic mass is 16.2. The first-order valence-electron chi connectivity index (χ1n) is 9.99. The van der Waals surface area contributed by atoms with E-state index < -0.39 is 5.41 Å². The molecule has 1 aliphatic carbocycles. The molecule has 0 unspecified atom stereocenters. The van der Waals surface area contributed by atoms with Crippen molar-refractivity contribution in [1.29, 1.82) is 0 Å². The summed E-state index contributed by atoms with van der Waals surface area (Å²) in [6.07, 6.45) is 1.34. The maximum Gasteiger partial charge on any atom is 0.238 e. The van der Waals surface area contributed by atoms with Gasteiger partial charge in [0.15, 0.2) is 0 Å². The van der Waals surface area contributed by atoms with Gasteiger partial charge in [0.2, 0.25) is 11.8 Å². The molecule has 28 heavy (non-hydrogen) atoms. The highest BCUT2D eigenvalue weighted by Gasteiger charge is 2.59.